The third-order valence-corrected chi connectivity index (χ3v) is 3.08. The van der Waals surface area contributed by atoms with Gasteiger partial charge in [0, 0.05) is 17.1 Å². The lowest BCUT2D eigenvalue weighted by molar-refractivity contribution is -0.274. The van der Waals surface area contributed by atoms with Crippen LogP contribution in [-0.4, -0.2) is 6.36 Å². The van der Waals surface area contributed by atoms with Crippen molar-refractivity contribution in [3.05, 3.63) is 52.8 Å². The molecule has 7 heteroatoms. The van der Waals surface area contributed by atoms with E-state index in [1.807, 2.05) is 0 Å². The first-order valence-corrected chi connectivity index (χ1v) is 6.22. The van der Waals surface area contributed by atoms with Crippen LogP contribution in [0.5, 0.6) is 5.75 Å². The quantitative estimate of drug-likeness (QED) is 0.845. The molecule has 0 aromatic heterocycles. The Labute approximate surface area is 123 Å². The molecule has 0 aliphatic rings. The Bertz CT molecular complexity index is 658. The second-order valence-corrected chi connectivity index (χ2v) is 4.60. The summed E-state index contributed by atoms with van der Waals surface area (Å²) in [6.45, 7) is 0.0640. The molecule has 0 aliphatic heterocycles. The first-order valence-electron chi connectivity index (χ1n) is 5.84. The predicted octanol–water partition coefficient (Wildman–Crippen LogP) is 4.50. The lowest BCUT2D eigenvalue weighted by atomic mass is 9.99. The molecule has 0 bridgehead atoms. The zero-order valence-electron chi connectivity index (χ0n) is 10.5. The second-order valence-electron chi connectivity index (χ2n) is 4.20. The van der Waals surface area contributed by atoms with Crippen molar-refractivity contribution in [3.8, 4) is 16.9 Å². The molecule has 0 heterocycles. The molecule has 0 amide bonds. The number of alkyl halides is 3. The third-order valence-electron chi connectivity index (χ3n) is 2.75. The van der Waals surface area contributed by atoms with E-state index in [9.17, 15) is 17.6 Å². The van der Waals surface area contributed by atoms with E-state index in [0.29, 0.717) is 11.1 Å². The molecular weight excluding hydrogens is 310 g/mol. The predicted molar refractivity (Wildman–Crippen MR) is 71.4 cm³/mol. The van der Waals surface area contributed by atoms with Crippen LogP contribution in [0.2, 0.25) is 5.02 Å². The number of benzene rings is 2. The number of hydrogen-bond donors (Lipinski definition) is 1. The van der Waals surface area contributed by atoms with E-state index < -0.39 is 17.9 Å². The van der Waals surface area contributed by atoms with Crippen LogP contribution < -0.4 is 10.5 Å². The Balaban J connectivity index is 2.55. The first-order chi connectivity index (χ1) is 9.80. The van der Waals surface area contributed by atoms with Crippen LogP contribution >= 0.6 is 11.6 Å². The van der Waals surface area contributed by atoms with E-state index in [1.165, 1.54) is 12.1 Å². The fraction of sp³-hybridized carbons (Fsp3) is 0.143. The molecule has 21 heavy (non-hydrogen) atoms. The molecular formula is C14H10ClF4NO. The summed E-state index contributed by atoms with van der Waals surface area (Å²) in [4.78, 5) is 0. The summed E-state index contributed by atoms with van der Waals surface area (Å²) in [6.07, 6.45) is -4.81. The van der Waals surface area contributed by atoms with Gasteiger partial charge < -0.3 is 10.5 Å². The molecule has 0 atom stereocenters. The highest BCUT2D eigenvalue weighted by atomic mass is 35.5. The minimum Gasteiger partial charge on any atom is -0.406 e. The summed E-state index contributed by atoms with van der Waals surface area (Å²) < 4.78 is 54.0. The number of halogens is 5. The molecule has 0 saturated carbocycles. The third kappa shape index (κ3) is 3.86. The maximum Gasteiger partial charge on any atom is 0.573 e. The van der Waals surface area contributed by atoms with Crippen molar-refractivity contribution in [1.29, 1.82) is 0 Å². The zero-order chi connectivity index (χ0) is 15.6. The summed E-state index contributed by atoms with van der Waals surface area (Å²) in [5, 5.41) is 0.204. The molecule has 2 rings (SSSR count). The lowest BCUT2D eigenvalue weighted by Gasteiger charge is -2.14. The number of nitrogens with two attached hydrogens (primary N) is 1. The standard InChI is InChI=1S/C14H10ClF4NO/c15-13-4-2-9(16)5-12(13)11-6-10(21-14(17,18)19)3-1-8(11)7-20/h1-6H,7,20H2. The van der Waals surface area contributed by atoms with Gasteiger partial charge in [0.05, 0.1) is 0 Å². The smallest absolute Gasteiger partial charge is 0.406 e. The van der Waals surface area contributed by atoms with Crippen molar-refractivity contribution in [2.45, 2.75) is 12.9 Å². The van der Waals surface area contributed by atoms with Crippen LogP contribution in [0.15, 0.2) is 36.4 Å². The maximum atomic E-state index is 13.3. The molecule has 112 valence electrons. The summed E-state index contributed by atoms with van der Waals surface area (Å²) in [7, 11) is 0. The zero-order valence-corrected chi connectivity index (χ0v) is 11.3. The van der Waals surface area contributed by atoms with Gasteiger partial charge in [0.2, 0.25) is 0 Å². The van der Waals surface area contributed by atoms with Gasteiger partial charge in [-0.2, -0.15) is 0 Å². The van der Waals surface area contributed by atoms with E-state index in [1.54, 1.807) is 0 Å². The lowest BCUT2D eigenvalue weighted by Crippen LogP contribution is -2.17. The molecule has 0 spiro atoms. The minimum atomic E-state index is -4.81. The van der Waals surface area contributed by atoms with Crippen LogP contribution in [0, 0.1) is 5.82 Å². The SMILES string of the molecule is NCc1ccc(OC(F)(F)F)cc1-c1cc(F)ccc1Cl. The molecule has 2 N–H and O–H groups in total. The van der Waals surface area contributed by atoms with Gasteiger partial charge in [0.1, 0.15) is 11.6 Å². The Hall–Kier alpha value is -1.79. The van der Waals surface area contributed by atoms with Gasteiger partial charge in [-0.25, -0.2) is 4.39 Å². The van der Waals surface area contributed by atoms with Gasteiger partial charge in [-0.15, -0.1) is 13.2 Å². The second kappa shape index (κ2) is 5.91. The van der Waals surface area contributed by atoms with Gasteiger partial charge in [0.25, 0.3) is 0 Å². The van der Waals surface area contributed by atoms with Crippen molar-refractivity contribution < 1.29 is 22.3 Å². The number of rotatable bonds is 3. The molecule has 2 nitrogen and oxygen atoms in total. The molecule has 2 aromatic rings. The topological polar surface area (TPSA) is 35.2 Å². The van der Waals surface area contributed by atoms with Crippen molar-refractivity contribution in [3.63, 3.8) is 0 Å². The molecule has 2 aromatic carbocycles. The van der Waals surface area contributed by atoms with E-state index in [-0.39, 0.29) is 17.1 Å². The fourth-order valence-electron chi connectivity index (χ4n) is 1.89. The molecule has 0 aliphatic carbocycles. The van der Waals surface area contributed by atoms with E-state index in [2.05, 4.69) is 4.74 Å². The minimum absolute atomic E-state index is 0.0640. The highest BCUT2D eigenvalue weighted by Crippen LogP contribution is 2.35. The van der Waals surface area contributed by atoms with Gasteiger partial charge in [-0.05, 0) is 41.5 Å². The highest BCUT2D eigenvalue weighted by molar-refractivity contribution is 6.33. The summed E-state index contributed by atoms with van der Waals surface area (Å²) in [5.41, 5.74) is 6.63. The fourth-order valence-corrected chi connectivity index (χ4v) is 2.10. The van der Waals surface area contributed by atoms with Crippen LogP contribution in [0.1, 0.15) is 5.56 Å². The average molecular weight is 320 g/mol. The van der Waals surface area contributed by atoms with Crippen molar-refractivity contribution in [2.75, 3.05) is 0 Å². The first kappa shape index (κ1) is 15.6. The van der Waals surface area contributed by atoms with Gasteiger partial charge in [0.15, 0.2) is 0 Å². The normalized spacial score (nSPS) is 11.5. The maximum absolute atomic E-state index is 13.3. The Kier molecular flexibility index (Phi) is 4.39. The van der Waals surface area contributed by atoms with Gasteiger partial charge >= 0.3 is 6.36 Å². The summed E-state index contributed by atoms with van der Waals surface area (Å²) in [6, 6.07) is 7.28. The summed E-state index contributed by atoms with van der Waals surface area (Å²) >= 11 is 5.97. The Morgan fingerprint density at radius 1 is 1.05 bits per heavy atom. The Morgan fingerprint density at radius 3 is 2.38 bits per heavy atom. The molecule has 0 unspecified atom stereocenters. The van der Waals surface area contributed by atoms with E-state index >= 15 is 0 Å². The van der Waals surface area contributed by atoms with Crippen molar-refractivity contribution >= 4 is 11.6 Å². The van der Waals surface area contributed by atoms with Gasteiger partial charge in [-0.1, -0.05) is 17.7 Å². The molecule has 0 fully saturated rings. The van der Waals surface area contributed by atoms with Gasteiger partial charge in [-0.3, -0.25) is 0 Å². The number of ether oxygens (including phenoxy) is 1. The number of hydrogen-bond acceptors (Lipinski definition) is 2. The van der Waals surface area contributed by atoms with Crippen molar-refractivity contribution in [1.82, 2.24) is 0 Å². The highest BCUT2D eigenvalue weighted by Gasteiger charge is 2.31. The van der Waals surface area contributed by atoms with E-state index in [4.69, 9.17) is 17.3 Å². The summed E-state index contributed by atoms with van der Waals surface area (Å²) in [5.74, 6) is -0.977. The Morgan fingerprint density at radius 2 is 1.76 bits per heavy atom. The molecule has 0 saturated heterocycles. The van der Waals surface area contributed by atoms with Crippen LogP contribution in [0.25, 0.3) is 11.1 Å². The monoisotopic (exact) mass is 319 g/mol. The van der Waals surface area contributed by atoms with Crippen LogP contribution in [-0.2, 0) is 6.54 Å². The average Bonchev–Trinajstić information content (AvgIpc) is 2.39. The van der Waals surface area contributed by atoms with E-state index in [0.717, 1.165) is 24.3 Å². The molecule has 0 radical (unpaired) electrons. The van der Waals surface area contributed by atoms with Crippen LogP contribution in [0.3, 0.4) is 0 Å². The van der Waals surface area contributed by atoms with Crippen molar-refractivity contribution in [2.24, 2.45) is 5.73 Å². The largest absolute Gasteiger partial charge is 0.573 e. The van der Waals surface area contributed by atoms with Crippen LogP contribution in [0.4, 0.5) is 17.6 Å².